The van der Waals surface area contributed by atoms with E-state index in [1.165, 1.54) is 39.3 Å². The van der Waals surface area contributed by atoms with Crippen molar-refractivity contribution in [2.45, 2.75) is 41.2 Å². The standard InChI is InChI=1S/C21H25N2.ClH/c1-15-11-16(2)21(17(3)12-15)13-22-14-23(19(5)18(22)4)20-9-7-6-8-10-20;/h6-12,14H,13H2,1-5H3;1H/q+1;/p-1. The van der Waals surface area contributed by atoms with Crippen molar-refractivity contribution < 1.29 is 17.0 Å². The van der Waals surface area contributed by atoms with Gasteiger partial charge in [0.2, 0.25) is 6.33 Å². The molecule has 0 aliphatic heterocycles. The lowest BCUT2D eigenvalue weighted by Crippen LogP contribution is -3.00. The number of hydrogen-bond donors (Lipinski definition) is 0. The van der Waals surface area contributed by atoms with Crippen LogP contribution in [0, 0.1) is 34.6 Å². The number of halogens is 1. The van der Waals surface area contributed by atoms with Crippen LogP contribution in [0.1, 0.15) is 33.6 Å². The van der Waals surface area contributed by atoms with Crippen LogP contribution in [-0.4, -0.2) is 4.57 Å². The average molecular weight is 341 g/mol. The highest BCUT2D eigenvalue weighted by Crippen LogP contribution is 2.18. The molecule has 0 bridgehead atoms. The summed E-state index contributed by atoms with van der Waals surface area (Å²) in [7, 11) is 0. The van der Waals surface area contributed by atoms with Crippen molar-refractivity contribution in [2.24, 2.45) is 0 Å². The van der Waals surface area contributed by atoms with Gasteiger partial charge in [-0.3, -0.25) is 0 Å². The molecule has 3 heteroatoms. The van der Waals surface area contributed by atoms with E-state index in [4.69, 9.17) is 0 Å². The fourth-order valence-electron chi connectivity index (χ4n) is 3.33. The summed E-state index contributed by atoms with van der Waals surface area (Å²) in [5.41, 5.74) is 9.33. The van der Waals surface area contributed by atoms with Gasteiger partial charge in [-0.1, -0.05) is 35.9 Å². The Morgan fingerprint density at radius 3 is 2.04 bits per heavy atom. The van der Waals surface area contributed by atoms with Gasteiger partial charge < -0.3 is 12.4 Å². The number of hydrogen-bond acceptors (Lipinski definition) is 0. The fraction of sp³-hybridized carbons (Fsp3) is 0.286. The molecule has 3 aromatic rings. The maximum Gasteiger partial charge on any atom is 0.249 e. The third-order valence-electron chi connectivity index (χ3n) is 4.77. The Morgan fingerprint density at radius 2 is 1.46 bits per heavy atom. The summed E-state index contributed by atoms with van der Waals surface area (Å²) in [6.45, 7) is 11.9. The molecule has 2 nitrogen and oxygen atoms in total. The zero-order valence-electron chi connectivity index (χ0n) is 15.1. The second-order valence-corrected chi connectivity index (χ2v) is 6.50. The molecule has 1 aromatic heterocycles. The van der Waals surface area contributed by atoms with Crippen LogP contribution in [0.25, 0.3) is 5.69 Å². The number of para-hydroxylation sites is 1. The van der Waals surface area contributed by atoms with Crippen molar-refractivity contribution in [2.75, 3.05) is 0 Å². The first-order valence-corrected chi connectivity index (χ1v) is 8.17. The normalized spacial score (nSPS) is 10.5. The van der Waals surface area contributed by atoms with Crippen LogP contribution in [0.15, 0.2) is 48.8 Å². The molecular weight excluding hydrogens is 316 g/mol. The lowest BCUT2D eigenvalue weighted by atomic mass is 10.00. The Balaban J connectivity index is 0.00000208. The molecule has 0 amide bonds. The molecule has 0 aliphatic carbocycles. The second kappa shape index (κ2) is 7.23. The number of rotatable bonds is 3. The SMILES string of the molecule is Cc1cc(C)c(C[n+]2cn(-c3ccccc3)c(C)c2C)c(C)c1.[Cl-]. The van der Waals surface area contributed by atoms with E-state index in [0.29, 0.717) is 0 Å². The van der Waals surface area contributed by atoms with Gasteiger partial charge in [0.05, 0.1) is 0 Å². The van der Waals surface area contributed by atoms with E-state index in [0.717, 1.165) is 6.54 Å². The summed E-state index contributed by atoms with van der Waals surface area (Å²) < 4.78 is 4.63. The molecular formula is C21H25ClN2. The van der Waals surface area contributed by atoms with Crippen LogP contribution in [-0.2, 0) is 6.54 Å². The number of nitrogens with zero attached hydrogens (tertiary/aromatic N) is 2. The van der Waals surface area contributed by atoms with Gasteiger partial charge in [0.15, 0.2) is 0 Å². The zero-order chi connectivity index (χ0) is 16.6. The molecule has 2 aromatic carbocycles. The van der Waals surface area contributed by atoms with Crippen molar-refractivity contribution in [1.82, 2.24) is 4.57 Å². The number of aryl methyl sites for hydroxylation is 3. The molecule has 0 saturated carbocycles. The average Bonchev–Trinajstić information content (AvgIpc) is 2.80. The zero-order valence-corrected chi connectivity index (χ0v) is 15.9. The van der Waals surface area contributed by atoms with E-state index < -0.39 is 0 Å². The highest BCUT2D eigenvalue weighted by Gasteiger charge is 2.19. The van der Waals surface area contributed by atoms with E-state index in [2.05, 4.69) is 92.5 Å². The highest BCUT2D eigenvalue weighted by molar-refractivity contribution is 5.37. The molecule has 0 N–H and O–H groups in total. The number of aromatic nitrogens is 2. The van der Waals surface area contributed by atoms with Gasteiger partial charge in [-0.05, 0) is 49.6 Å². The Kier molecular flexibility index (Phi) is 5.51. The smallest absolute Gasteiger partial charge is 0.249 e. The number of benzene rings is 2. The third-order valence-corrected chi connectivity index (χ3v) is 4.77. The topological polar surface area (TPSA) is 8.81 Å². The first-order valence-electron chi connectivity index (χ1n) is 8.17. The Labute approximate surface area is 151 Å². The minimum Gasteiger partial charge on any atom is -1.00 e. The Bertz CT molecular complexity index is 825. The van der Waals surface area contributed by atoms with Gasteiger partial charge in [-0.2, -0.15) is 4.57 Å². The van der Waals surface area contributed by atoms with Crippen molar-refractivity contribution in [3.05, 3.63) is 82.4 Å². The first kappa shape index (κ1) is 18.3. The molecule has 0 atom stereocenters. The summed E-state index contributed by atoms with van der Waals surface area (Å²) >= 11 is 0. The molecule has 0 spiro atoms. The molecule has 3 rings (SSSR count). The molecule has 0 aliphatic rings. The molecule has 126 valence electrons. The van der Waals surface area contributed by atoms with Gasteiger partial charge in [0.1, 0.15) is 23.6 Å². The van der Waals surface area contributed by atoms with E-state index >= 15 is 0 Å². The summed E-state index contributed by atoms with van der Waals surface area (Å²) in [6, 6.07) is 15.1. The summed E-state index contributed by atoms with van der Waals surface area (Å²) in [5.74, 6) is 0. The van der Waals surface area contributed by atoms with Crippen LogP contribution >= 0.6 is 0 Å². The summed E-state index contributed by atoms with van der Waals surface area (Å²) in [6.07, 6.45) is 2.22. The van der Waals surface area contributed by atoms with Crippen molar-refractivity contribution >= 4 is 0 Å². The monoisotopic (exact) mass is 340 g/mol. The third kappa shape index (κ3) is 3.39. The highest BCUT2D eigenvalue weighted by atomic mass is 35.5. The van der Waals surface area contributed by atoms with Crippen LogP contribution in [0.5, 0.6) is 0 Å². The maximum atomic E-state index is 2.35. The van der Waals surface area contributed by atoms with Gasteiger partial charge in [-0.25, -0.2) is 4.57 Å². The van der Waals surface area contributed by atoms with Gasteiger partial charge in [0, 0.05) is 13.8 Å². The number of imidazole rings is 1. The second-order valence-electron chi connectivity index (χ2n) is 6.50. The van der Waals surface area contributed by atoms with Crippen LogP contribution < -0.4 is 17.0 Å². The van der Waals surface area contributed by atoms with Gasteiger partial charge >= 0.3 is 0 Å². The van der Waals surface area contributed by atoms with E-state index in [9.17, 15) is 0 Å². The van der Waals surface area contributed by atoms with Crippen LogP contribution in [0.3, 0.4) is 0 Å². The molecule has 0 radical (unpaired) electrons. The van der Waals surface area contributed by atoms with Crippen molar-refractivity contribution in [3.63, 3.8) is 0 Å². The minimum atomic E-state index is 0. The molecule has 1 heterocycles. The van der Waals surface area contributed by atoms with Crippen molar-refractivity contribution in [1.29, 1.82) is 0 Å². The predicted molar refractivity (Wildman–Crippen MR) is 95.2 cm³/mol. The van der Waals surface area contributed by atoms with E-state index in [-0.39, 0.29) is 12.4 Å². The minimum absolute atomic E-state index is 0. The molecule has 0 unspecified atom stereocenters. The van der Waals surface area contributed by atoms with E-state index in [1.54, 1.807) is 0 Å². The maximum absolute atomic E-state index is 2.35. The predicted octanol–water partition coefficient (Wildman–Crippen LogP) is 1.36. The van der Waals surface area contributed by atoms with Gasteiger partial charge in [0.25, 0.3) is 0 Å². The Hall–Kier alpha value is -2.06. The molecule has 0 fully saturated rings. The van der Waals surface area contributed by atoms with Gasteiger partial charge in [-0.15, -0.1) is 0 Å². The van der Waals surface area contributed by atoms with Crippen LogP contribution in [0.2, 0.25) is 0 Å². The summed E-state index contributed by atoms with van der Waals surface area (Å²) in [4.78, 5) is 0. The largest absolute Gasteiger partial charge is 1.00 e. The van der Waals surface area contributed by atoms with Crippen LogP contribution in [0.4, 0.5) is 0 Å². The van der Waals surface area contributed by atoms with E-state index in [1.807, 2.05) is 0 Å². The first-order chi connectivity index (χ1) is 11.0. The fourth-order valence-corrected chi connectivity index (χ4v) is 3.33. The molecule has 0 saturated heterocycles. The quantitative estimate of drug-likeness (QED) is 0.637. The lowest BCUT2D eigenvalue weighted by molar-refractivity contribution is -0.693. The molecule has 24 heavy (non-hydrogen) atoms. The Morgan fingerprint density at radius 1 is 0.875 bits per heavy atom. The van der Waals surface area contributed by atoms with Crippen molar-refractivity contribution in [3.8, 4) is 5.69 Å². The summed E-state index contributed by atoms with van der Waals surface area (Å²) in [5, 5.41) is 0. The lowest BCUT2D eigenvalue weighted by Gasteiger charge is -2.10.